The first-order valence-electron chi connectivity index (χ1n) is 3.14. The van der Waals surface area contributed by atoms with Gasteiger partial charge in [-0.05, 0) is 18.6 Å². The second kappa shape index (κ2) is 5.18. The predicted molar refractivity (Wildman–Crippen MR) is 45.6 cm³/mol. The molecule has 0 aromatic heterocycles. The van der Waals surface area contributed by atoms with E-state index in [4.69, 9.17) is 9.47 Å². The third-order valence-electron chi connectivity index (χ3n) is 1.32. The zero-order valence-electron chi connectivity index (χ0n) is 6.39. The van der Waals surface area contributed by atoms with Crippen LogP contribution in [0.4, 0.5) is 0 Å². The quantitative estimate of drug-likeness (QED) is 0.381. The van der Waals surface area contributed by atoms with E-state index >= 15 is 0 Å². The lowest BCUT2D eigenvalue weighted by Gasteiger charge is -2.25. The summed E-state index contributed by atoms with van der Waals surface area (Å²) in [6, 6.07) is 0. The Kier molecular flexibility index (Phi) is 5.43. The van der Waals surface area contributed by atoms with Gasteiger partial charge in [0.25, 0.3) is 0 Å². The Morgan fingerprint density at radius 2 is 1.90 bits per heavy atom. The van der Waals surface area contributed by atoms with Gasteiger partial charge >= 0.3 is 0 Å². The van der Waals surface area contributed by atoms with Crippen LogP contribution in [0.1, 0.15) is 12.8 Å². The summed E-state index contributed by atoms with van der Waals surface area (Å²) in [5.74, 6) is 0.846. The maximum Gasteiger partial charge on any atom is 0.143 e. The van der Waals surface area contributed by atoms with Gasteiger partial charge in [0.05, 0.1) is 0 Å². The number of rotatable bonds is 5. The highest BCUT2D eigenvalue weighted by atomic mass is 32.1. The minimum atomic E-state index is -0.608. The fourth-order valence-electron chi connectivity index (χ4n) is 0.599. The number of thiol groups is 1. The fourth-order valence-corrected chi connectivity index (χ4v) is 0.934. The molecule has 0 fully saturated rings. The van der Waals surface area contributed by atoms with Crippen molar-refractivity contribution in [2.24, 2.45) is 0 Å². The van der Waals surface area contributed by atoms with E-state index in [1.807, 2.05) is 0 Å². The zero-order valence-corrected chi connectivity index (χ0v) is 8.28. The van der Waals surface area contributed by atoms with Crippen LogP contribution in [0.3, 0.4) is 0 Å². The van der Waals surface area contributed by atoms with Crippen molar-refractivity contribution in [3.05, 3.63) is 0 Å². The summed E-state index contributed by atoms with van der Waals surface area (Å²) in [6.45, 7) is 0. The van der Waals surface area contributed by atoms with Crippen molar-refractivity contribution in [1.29, 1.82) is 0 Å². The number of hydrogen-bond donors (Lipinski definition) is 1. The molecule has 0 heterocycles. The average Bonchev–Trinajstić information content (AvgIpc) is 2.00. The molecule has 10 heavy (non-hydrogen) atoms. The lowest BCUT2D eigenvalue weighted by atomic mass is 10.3. The van der Waals surface area contributed by atoms with Crippen molar-refractivity contribution in [1.82, 2.24) is 0 Å². The van der Waals surface area contributed by atoms with Crippen molar-refractivity contribution in [3.8, 4) is 0 Å². The smallest absolute Gasteiger partial charge is 0.143 e. The largest absolute Gasteiger partial charge is 0.358 e. The average molecular weight is 177 g/mol. The second-order valence-electron chi connectivity index (χ2n) is 1.99. The molecule has 0 aromatic rings. The van der Waals surface area contributed by atoms with Crippen molar-refractivity contribution < 1.29 is 9.47 Å². The number of ether oxygens (including phenoxy) is 2. The molecule has 0 aliphatic carbocycles. The van der Waals surface area contributed by atoms with Crippen LogP contribution in [-0.2, 0) is 9.47 Å². The van der Waals surface area contributed by atoms with Crippen LogP contribution < -0.4 is 0 Å². The predicted octanol–water partition coefficient (Wildman–Crippen LogP) is 0.811. The Morgan fingerprint density at radius 1 is 1.40 bits per heavy atom. The lowest BCUT2D eigenvalue weighted by Crippen LogP contribution is -2.34. The van der Waals surface area contributed by atoms with Crippen LogP contribution in [0.25, 0.3) is 0 Å². The van der Waals surface area contributed by atoms with Crippen LogP contribution in [0, 0.1) is 0 Å². The summed E-state index contributed by atoms with van der Waals surface area (Å²) in [4.78, 5) is 0. The van der Waals surface area contributed by atoms with Gasteiger partial charge in [0.2, 0.25) is 0 Å². The molecule has 0 aliphatic rings. The van der Waals surface area contributed by atoms with Gasteiger partial charge in [-0.15, -0.1) is 0 Å². The molecule has 0 aliphatic heterocycles. The van der Waals surface area contributed by atoms with Crippen molar-refractivity contribution in [3.63, 3.8) is 0 Å². The highest BCUT2D eigenvalue weighted by Crippen LogP contribution is 2.13. The minimum Gasteiger partial charge on any atom is -0.358 e. The van der Waals surface area contributed by atoms with Gasteiger partial charge in [-0.3, -0.25) is 0 Å². The molecular formula is C6H13O2SSi. The van der Waals surface area contributed by atoms with Crippen LogP contribution >= 0.6 is 12.6 Å². The molecule has 0 saturated heterocycles. The summed E-state index contributed by atoms with van der Waals surface area (Å²) in [6.07, 6.45) is 1.77. The molecule has 0 amide bonds. The maximum atomic E-state index is 5.05. The Labute approximate surface area is 71.1 Å². The zero-order chi connectivity index (χ0) is 8.04. The Morgan fingerprint density at radius 3 is 2.20 bits per heavy atom. The van der Waals surface area contributed by atoms with Crippen LogP contribution in [-0.4, -0.2) is 35.6 Å². The number of hydrogen-bond acceptors (Lipinski definition) is 3. The molecule has 0 spiro atoms. The minimum absolute atomic E-state index is 0.608. The Balaban J connectivity index is 3.58. The van der Waals surface area contributed by atoms with Gasteiger partial charge in [0.15, 0.2) is 0 Å². The van der Waals surface area contributed by atoms with E-state index in [-0.39, 0.29) is 0 Å². The summed E-state index contributed by atoms with van der Waals surface area (Å²) in [7, 11) is 6.57. The fraction of sp³-hybridized carbons (Fsp3) is 1.00. The molecule has 0 atom stereocenters. The third-order valence-corrected chi connectivity index (χ3v) is 2.30. The third kappa shape index (κ3) is 3.61. The van der Waals surface area contributed by atoms with Crippen LogP contribution in [0.2, 0.25) is 0 Å². The van der Waals surface area contributed by atoms with Crippen molar-refractivity contribution >= 4 is 22.9 Å². The first-order chi connectivity index (χ1) is 4.68. The highest BCUT2D eigenvalue weighted by molar-refractivity contribution is 7.80. The van der Waals surface area contributed by atoms with Crippen molar-refractivity contribution in [2.75, 3.05) is 20.0 Å². The van der Waals surface area contributed by atoms with Gasteiger partial charge in [0, 0.05) is 14.2 Å². The molecule has 59 valence electrons. The molecule has 0 bridgehead atoms. The van der Waals surface area contributed by atoms with Crippen LogP contribution in [0.5, 0.6) is 0 Å². The van der Waals surface area contributed by atoms with Gasteiger partial charge in [-0.2, -0.15) is 12.6 Å². The summed E-state index contributed by atoms with van der Waals surface area (Å²) >= 11 is 4.08. The van der Waals surface area contributed by atoms with Gasteiger partial charge in [-0.25, -0.2) is 0 Å². The molecule has 3 radical (unpaired) electrons. The number of methoxy groups -OCH3 is 2. The molecule has 0 unspecified atom stereocenters. The second-order valence-corrected chi connectivity index (χ2v) is 3.20. The molecule has 2 nitrogen and oxygen atoms in total. The molecule has 0 N–H and O–H groups in total. The van der Waals surface area contributed by atoms with E-state index in [2.05, 4.69) is 22.9 Å². The topological polar surface area (TPSA) is 18.5 Å². The summed E-state index contributed by atoms with van der Waals surface area (Å²) < 4.78 is 10.1. The van der Waals surface area contributed by atoms with E-state index in [9.17, 15) is 0 Å². The van der Waals surface area contributed by atoms with E-state index in [1.54, 1.807) is 14.2 Å². The van der Waals surface area contributed by atoms with Crippen LogP contribution in [0.15, 0.2) is 0 Å². The normalized spacial score (nSPS) is 12.0. The lowest BCUT2D eigenvalue weighted by molar-refractivity contribution is -0.145. The van der Waals surface area contributed by atoms with E-state index in [0.717, 1.165) is 18.6 Å². The van der Waals surface area contributed by atoms with E-state index in [0.29, 0.717) is 0 Å². The first-order valence-corrected chi connectivity index (χ1v) is 4.28. The van der Waals surface area contributed by atoms with Gasteiger partial charge in [0.1, 0.15) is 15.7 Å². The summed E-state index contributed by atoms with van der Waals surface area (Å²) in [5.41, 5.74) is -0.608. The standard InChI is InChI=1S/C6H13O2SSi/c1-7-6(10,8-2)4-3-5-9/h9H,3-5H2,1-2H3. The van der Waals surface area contributed by atoms with Gasteiger partial charge < -0.3 is 9.47 Å². The molecule has 0 aromatic carbocycles. The first kappa shape index (κ1) is 10.5. The summed E-state index contributed by atoms with van der Waals surface area (Å²) in [5, 5.41) is 0. The highest BCUT2D eigenvalue weighted by Gasteiger charge is 2.20. The van der Waals surface area contributed by atoms with Gasteiger partial charge in [-0.1, -0.05) is 0 Å². The van der Waals surface area contributed by atoms with Crippen molar-refractivity contribution in [2.45, 2.75) is 18.3 Å². The Bertz CT molecular complexity index is 85.8. The van der Waals surface area contributed by atoms with E-state index in [1.165, 1.54) is 0 Å². The Hall–Kier alpha value is 0.487. The molecule has 0 rings (SSSR count). The SMILES string of the molecule is COC([Si])(CCCS)OC. The molecule has 0 saturated carbocycles. The molecule has 4 heteroatoms. The van der Waals surface area contributed by atoms with E-state index < -0.39 is 5.41 Å². The monoisotopic (exact) mass is 177 g/mol. The maximum absolute atomic E-state index is 5.05. The molecular weight excluding hydrogens is 164 g/mol.